The molecule has 0 unspecified atom stereocenters. The molecule has 6 heteroatoms. The molecule has 0 aliphatic heterocycles. The molecule has 1 heterocycles. The Kier molecular flexibility index (Phi) is 6.93. The molecule has 0 bridgehead atoms. The van der Waals surface area contributed by atoms with Crippen molar-refractivity contribution in [3.05, 3.63) is 46.3 Å². The van der Waals surface area contributed by atoms with E-state index < -0.39 is 0 Å². The Bertz CT molecular complexity index is 992. The van der Waals surface area contributed by atoms with Gasteiger partial charge in [-0.25, -0.2) is 4.98 Å². The summed E-state index contributed by atoms with van der Waals surface area (Å²) in [4.78, 5) is 30.7. The highest BCUT2D eigenvalue weighted by atomic mass is 32.2. The Morgan fingerprint density at radius 1 is 1.23 bits per heavy atom. The largest absolute Gasteiger partial charge is 0.355 e. The lowest BCUT2D eigenvalue weighted by Crippen LogP contribution is -2.33. The van der Waals surface area contributed by atoms with Gasteiger partial charge in [0.2, 0.25) is 5.91 Å². The van der Waals surface area contributed by atoms with Gasteiger partial charge >= 0.3 is 0 Å². The van der Waals surface area contributed by atoms with Crippen molar-refractivity contribution in [2.75, 3.05) is 6.54 Å². The van der Waals surface area contributed by atoms with Gasteiger partial charge in [-0.1, -0.05) is 48.4 Å². The van der Waals surface area contributed by atoms with E-state index >= 15 is 0 Å². The van der Waals surface area contributed by atoms with Crippen molar-refractivity contribution in [2.24, 2.45) is 0 Å². The van der Waals surface area contributed by atoms with Gasteiger partial charge < -0.3 is 5.32 Å². The highest BCUT2D eigenvalue weighted by Crippen LogP contribution is 2.33. The van der Waals surface area contributed by atoms with Crippen molar-refractivity contribution in [3.8, 4) is 0 Å². The van der Waals surface area contributed by atoms with E-state index in [-0.39, 0.29) is 22.8 Å². The van der Waals surface area contributed by atoms with Crippen LogP contribution in [0.2, 0.25) is 0 Å². The number of nitrogens with one attached hydrogen (secondary N) is 1. The van der Waals surface area contributed by atoms with Crippen LogP contribution in [-0.4, -0.2) is 27.3 Å². The van der Waals surface area contributed by atoms with Crippen LogP contribution in [0.15, 0.2) is 45.9 Å². The zero-order valence-corrected chi connectivity index (χ0v) is 18.5. The molecule has 4 rings (SSSR count). The predicted molar refractivity (Wildman–Crippen MR) is 123 cm³/mol. The maximum Gasteiger partial charge on any atom is 0.262 e. The summed E-state index contributed by atoms with van der Waals surface area (Å²) in [6.45, 7) is 2.58. The Hall–Kier alpha value is -2.08. The number of benzene rings is 1. The van der Waals surface area contributed by atoms with E-state index in [4.69, 9.17) is 4.98 Å². The first-order valence-corrected chi connectivity index (χ1v) is 12.1. The SMILES string of the molecule is C[C@H](Sc1nc2ccccc2c(=O)n1C1CCCC1)C(=O)NCCC1=CCCCC1. The van der Waals surface area contributed by atoms with Crippen molar-refractivity contribution in [3.63, 3.8) is 0 Å². The van der Waals surface area contributed by atoms with E-state index in [9.17, 15) is 9.59 Å². The smallest absolute Gasteiger partial charge is 0.262 e. The fourth-order valence-electron chi connectivity index (χ4n) is 4.53. The number of amides is 1. The summed E-state index contributed by atoms with van der Waals surface area (Å²) >= 11 is 1.41. The van der Waals surface area contributed by atoms with Crippen LogP contribution in [0.25, 0.3) is 10.9 Å². The van der Waals surface area contributed by atoms with Crippen LogP contribution < -0.4 is 10.9 Å². The van der Waals surface area contributed by atoms with E-state index in [1.54, 1.807) is 0 Å². The average Bonchev–Trinajstić information content (AvgIpc) is 3.29. The standard InChI is InChI=1S/C24H31N3O2S/c1-17(22(28)25-16-15-18-9-3-2-4-10-18)30-24-26-21-14-8-7-13-20(21)23(29)27(24)19-11-5-6-12-19/h7-9,13-14,17,19H,2-6,10-12,15-16H2,1H3,(H,25,28)/t17-/m0/s1. The van der Waals surface area contributed by atoms with Crippen LogP contribution in [0.1, 0.15) is 70.8 Å². The summed E-state index contributed by atoms with van der Waals surface area (Å²) in [6, 6.07) is 7.70. The Morgan fingerprint density at radius 2 is 2.03 bits per heavy atom. The van der Waals surface area contributed by atoms with Crippen LogP contribution in [0.5, 0.6) is 0 Å². The molecule has 1 N–H and O–H groups in total. The fourth-order valence-corrected chi connectivity index (χ4v) is 5.53. The van der Waals surface area contributed by atoms with Gasteiger partial charge in [0.25, 0.3) is 5.56 Å². The molecule has 0 radical (unpaired) electrons. The second kappa shape index (κ2) is 9.82. The zero-order chi connectivity index (χ0) is 20.9. The van der Waals surface area contributed by atoms with Gasteiger partial charge in [-0.05, 0) is 64.0 Å². The van der Waals surface area contributed by atoms with Gasteiger partial charge in [0.05, 0.1) is 16.2 Å². The number of carbonyl (C=O) groups excluding carboxylic acids is 1. The first-order chi connectivity index (χ1) is 14.6. The molecule has 5 nitrogen and oxygen atoms in total. The molecule has 0 spiro atoms. The lowest BCUT2D eigenvalue weighted by Gasteiger charge is -2.20. The van der Waals surface area contributed by atoms with Crippen molar-refractivity contribution in [1.29, 1.82) is 0 Å². The highest BCUT2D eigenvalue weighted by Gasteiger charge is 2.25. The molecule has 1 amide bonds. The molecule has 1 fully saturated rings. The minimum atomic E-state index is -0.300. The maximum atomic E-state index is 13.2. The van der Waals surface area contributed by atoms with Gasteiger partial charge in [0.15, 0.2) is 5.16 Å². The number of fused-ring (bicyclic) bond motifs is 1. The average molecular weight is 426 g/mol. The second-order valence-corrected chi connectivity index (χ2v) is 9.74. The van der Waals surface area contributed by atoms with Crippen molar-refractivity contribution in [1.82, 2.24) is 14.9 Å². The molecule has 160 valence electrons. The van der Waals surface area contributed by atoms with Crippen molar-refractivity contribution < 1.29 is 4.79 Å². The molecule has 1 aromatic heterocycles. The van der Waals surface area contributed by atoms with Gasteiger partial charge in [-0.3, -0.25) is 14.2 Å². The molecular weight excluding hydrogens is 394 g/mol. The lowest BCUT2D eigenvalue weighted by molar-refractivity contribution is -0.120. The molecule has 0 saturated heterocycles. The summed E-state index contributed by atoms with van der Waals surface area (Å²) in [5, 5.41) is 4.10. The minimum absolute atomic E-state index is 0.0109. The minimum Gasteiger partial charge on any atom is -0.355 e. The molecule has 30 heavy (non-hydrogen) atoms. The van der Waals surface area contributed by atoms with Gasteiger partial charge in [0.1, 0.15) is 0 Å². The Labute approximate surface area is 182 Å². The van der Waals surface area contributed by atoms with Crippen LogP contribution in [0.3, 0.4) is 0 Å². The van der Waals surface area contributed by atoms with E-state index in [1.807, 2.05) is 35.8 Å². The summed E-state index contributed by atoms with van der Waals surface area (Å²) in [5.41, 5.74) is 2.19. The summed E-state index contributed by atoms with van der Waals surface area (Å²) in [5.74, 6) is 0.0109. The number of thioether (sulfide) groups is 1. The van der Waals surface area contributed by atoms with Crippen LogP contribution in [-0.2, 0) is 4.79 Å². The summed E-state index contributed by atoms with van der Waals surface area (Å²) < 4.78 is 1.86. The number of hydrogen-bond acceptors (Lipinski definition) is 4. The van der Waals surface area contributed by atoms with E-state index in [2.05, 4.69) is 11.4 Å². The first-order valence-electron chi connectivity index (χ1n) is 11.3. The van der Waals surface area contributed by atoms with Crippen LogP contribution in [0.4, 0.5) is 0 Å². The van der Waals surface area contributed by atoms with E-state index in [0.29, 0.717) is 22.6 Å². The summed E-state index contributed by atoms with van der Waals surface area (Å²) in [7, 11) is 0. The maximum absolute atomic E-state index is 13.2. The Balaban J connectivity index is 1.49. The molecule has 2 aliphatic carbocycles. The third-order valence-electron chi connectivity index (χ3n) is 6.25. The van der Waals surface area contributed by atoms with Gasteiger partial charge in [0, 0.05) is 12.6 Å². The zero-order valence-electron chi connectivity index (χ0n) is 17.7. The molecule has 1 aromatic carbocycles. The number of rotatable bonds is 7. The molecule has 2 aliphatic rings. The van der Waals surface area contributed by atoms with Gasteiger partial charge in [-0.2, -0.15) is 0 Å². The molecular formula is C24H31N3O2S. The van der Waals surface area contributed by atoms with E-state index in [0.717, 1.165) is 38.5 Å². The molecule has 1 saturated carbocycles. The molecule has 2 aromatic rings. The quantitative estimate of drug-likeness (QED) is 0.385. The normalized spacial score (nSPS) is 18.4. The lowest BCUT2D eigenvalue weighted by atomic mass is 9.97. The van der Waals surface area contributed by atoms with E-state index in [1.165, 1.54) is 36.6 Å². The highest BCUT2D eigenvalue weighted by molar-refractivity contribution is 8.00. The Morgan fingerprint density at radius 3 is 2.80 bits per heavy atom. The summed E-state index contributed by atoms with van der Waals surface area (Å²) in [6.07, 6.45) is 12.4. The fraction of sp³-hybridized carbons (Fsp3) is 0.542. The number of carbonyl (C=O) groups is 1. The second-order valence-electron chi connectivity index (χ2n) is 8.43. The number of hydrogen-bond donors (Lipinski definition) is 1. The third-order valence-corrected chi connectivity index (χ3v) is 7.31. The first kappa shape index (κ1) is 21.2. The number of nitrogens with zero attached hydrogens (tertiary/aromatic N) is 2. The monoisotopic (exact) mass is 425 g/mol. The number of aromatic nitrogens is 2. The number of para-hydroxylation sites is 1. The van der Waals surface area contributed by atoms with Gasteiger partial charge in [-0.15, -0.1) is 0 Å². The van der Waals surface area contributed by atoms with Crippen molar-refractivity contribution >= 4 is 28.6 Å². The molecule has 1 atom stereocenters. The number of allylic oxidation sites excluding steroid dienone is 1. The van der Waals surface area contributed by atoms with Crippen LogP contribution >= 0.6 is 11.8 Å². The van der Waals surface area contributed by atoms with Crippen molar-refractivity contribution in [2.45, 2.75) is 81.2 Å². The topological polar surface area (TPSA) is 64.0 Å². The van der Waals surface area contributed by atoms with Crippen LogP contribution in [0, 0.1) is 0 Å². The predicted octanol–water partition coefficient (Wildman–Crippen LogP) is 5.00. The third kappa shape index (κ3) is 4.80.